The molecular formula is C18H20N4O3S. The number of benzene rings is 1. The van der Waals surface area contributed by atoms with Crippen molar-refractivity contribution in [3.05, 3.63) is 54.9 Å². The summed E-state index contributed by atoms with van der Waals surface area (Å²) in [6, 6.07) is 9.49. The molecule has 8 heteroatoms. The van der Waals surface area contributed by atoms with Gasteiger partial charge in [-0.25, -0.2) is 13.1 Å². The van der Waals surface area contributed by atoms with Crippen LogP contribution in [0.5, 0.6) is 0 Å². The molecule has 26 heavy (non-hydrogen) atoms. The lowest BCUT2D eigenvalue weighted by atomic mass is 10.3. The quantitative estimate of drug-likeness (QED) is 0.797. The molecule has 2 unspecified atom stereocenters. The highest BCUT2D eigenvalue weighted by molar-refractivity contribution is 7.89. The van der Waals surface area contributed by atoms with Gasteiger partial charge in [-0.3, -0.25) is 4.79 Å². The molecule has 1 saturated heterocycles. The normalized spacial score (nSPS) is 24.9. The average Bonchev–Trinajstić information content (AvgIpc) is 3.00. The van der Waals surface area contributed by atoms with Gasteiger partial charge in [0.25, 0.3) is 0 Å². The van der Waals surface area contributed by atoms with Gasteiger partial charge in [-0.2, -0.15) is 9.40 Å². The smallest absolute Gasteiger partial charge is 0.246 e. The molecule has 2 heterocycles. The molecule has 136 valence electrons. The number of carbonyl (C=O) groups is 1. The first kappa shape index (κ1) is 17.0. The fourth-order valence-electron chi connectivity index (χ4n) is 3.74. The number of amides is 1. The van der Waals surface area contributed by atoms with E-state index in [-0.39, 0.29) is 28.7 Å². The topological polar surface area (TPSA) is 84.3 Å². The van der Waals surface area contributed by atoms with Crippen molar-refractivity contribution in [2.45, 2.75) is 17.9 Å². The Morgan fingerprint density at radius 3 is 2.54 bits per heavy atom. The highest BCUT2D eigenvalue weighted by atomic mass is 32.2. The minimum Gasteiger partial charge on any atom is -0.349 e. The minimum absolute atomic E-state index is 0.0556. The number of nitrogens with zero attached hydrogens (tertiary/aromatic N) is 3. The van der Waals surface area contributed by atoms with Crippen LogP contribution in [-0.2, 0) is 14.8 Å². The Balaban J connectivity index is 1.52. The molecule has 2 aromatic rings. The van der Waals surface area contributed by atoms with Crippen LogP contribution in [0.2, 0.25) is 0 Å². The van der Waals surface area contributed by atoms with Crippen molar-refractivity contribution in [1.29, 1.82) is 0 Å². The zero-order chi connectivity index (χ0) is 18.5. The van der Waals surface area contributed by atoms with Gasteiger partial charge in [0, 0.05) is 19.1 Å². The number of nitrogens with one attached hydrogen (secondary N) is 1. The molecule has 1 aliphatic carbocycles. The molecule has 0 bridgehead atoms. The summed E-state index contributed by atoms with van der Waals surface area (Å²) in [5, 5.41) is 7.12. The number of piperidine rings is 1. The standard InChI is InChI=1S/C18H20N4O3S/c1-3-17(23)20-18-14-10-21(11-15(14)18)26(24,25)16-9-19-22(12(16)2)13-7-5-4-6-8-13/h3-9,14-15,18H,1,10-11H2,2H3,(H,20,23). The Hall–Kier alpha value is -2.45. The third-order valence-corrected chi connectivity index (χ3v) is 7.17. The summed E-state index contributed by atoms with van der Waals surface area (Å²) >= 11 is 0. The molecule has 7 nitrogen and oxygen atoms in total. The molecule has 4 rings (SSSR count). The third kappa shape index (κ3) is 2.65. The number of hydrogen-bond acceptors (Lipinski definition) is 4. The Kier molecular flexibility index (Phi) is 3.96. The second kappa shape index (κ2) is 6.07. The molecule has 2 aliphatic rings. The zero-order valence-corrected chi connectivity index (χ0v) is 15.2. The van der Waals surface area contributed by atoms with Crippen molar-refractivity contribution < 1.29 is 13.2 Å². The molecular weight excluding hydrogens is 352 g/mol. The number of carbonyl (C=O) groups excluding carboxylic acids is 1. The van der Waals surface area contributed by atoms with Crippen molar-refractivity contribution in [2.75, 3.05) is 13.1 Å². The van der Waals surface area contributed by atoms with Gasteiger partial charge < -0.3 is 5.32 Å². The van der Waals surface area contributed by atoms with E-state index in [1.165, 1.54) is 16.6 Å². The molecule has 1 aliphatic heterocycles. The van der Waals surface area contributed by atoms with Crippen molar-refractivity contribution in [1.82, 2.24) is 19.4 Å². The van der Waals surface area contributed by atoms with Gasteiger partial charge in [-0.1, -0.05) is 24.8 Å². The lowest BCUT2D eigenvalue weighted by molar-refractivity contribution is -0.116. The Bertz CT molecular complexity index is 956. The molecule has 2 fully saturated rings. The lowest BCUT2D eigenvalue weighted by Gasteiger charge is -2.19. The van der Waals surface area contributed by atoms with E-state index in [0.717, 1.165) is 5.69 Å². The van der Waals surface area contributed by atoms with Gasteiger partial charge in [0.2, 0.25) is 15.9 Å². The fraction of sp³-hybridized carbons (Fsp3) is 0.333. The Labute approximate surface area is 152 Å². The van der Waals surface area contributed by atoms with Gasteiger partial charge in [0.05, 0.1) is 17.6 Å². The van der Waals surface area contributed by atoms with E-state index in [4.69, 9.17) is 0 Å². The number of hydrogen-bond donors (Lipinski definition) is 1. The molecule has 1 aromatic carbocycles. The van der Waals surface area contributed by atoms with Crippen molar-refractivity contribution in [3.63, 3.8) is 0 Å². The summed E-state index contributed by atoms with van der Waals surface area (Å²) in [6.45, 7) is 6.04. The highest BCUT2D eigenvalue weighted by Crippen LogP contribution is 2.47. The number of rotatable bonds is 5. The minimum atomic E-state index is -3.60. The van der Waals surface area contributed by atoms with Gasteiger partial charge in [0.1, 0.15) is 4.90 Å². The zero-order valence-electron chi connectivity index (χ0n) is 14.4. The predicted octanol–water partition coefficient (Wildman–Crippen LogP) is 1.10. The van der Waals surface area contributed by atoms with Crippen molar-refractivity contribution >= 4 is 15.9 Å². The molecule has 1 aromatic heterocycles. The maximum absolute atomic E-state index is 13.0. The Morgan fingerprint density at radius 1 is 1.27 bits per heavy atom. The van der Waals surface area contributed by atoms with Crippen LogP contribution < -0.4 is 5.32 Å². The number of para-hydroxylation sites is 1. The van der Waals surface area contributed by atoms with Crippen LogP contribution in [0, 0.1) is 18.8 Å². The largest absolute Gasteiger partial charge is 0.349 e. The van der Waals surface area contributed by atoms with Crippen LogP contribution in [-0.4, -0.2) is 47.5 Å². The highest BCUT2D eigenvalue weighted by Gasteiger charge is 2.58. The first-order chi connectivity index (χ1) is 12.4. The molecule has 0 radical (unpaired) electrons. The first-order valence-electron chi connectivity index (χ1n) is 8.46. The first-order valence-corrected chi connectivity index (χ1v) is 9.90. The molecule has 1 N–H and O–H groups in total. The Morgan fingerprint density at radius 2 is 1.92 bits per heavy atom. The second-order valence-corrected chi connectivity index (χ2v) is 8.64. The molecule has 1 saturated carbocycles. The monoisotopic (exact) mass is 372 g/mol. The van der Waals surface area contributed by atoms with E-state index >= 15 is 0 Å². The number of aromatic nitrogens is 2. The van der Waals surface area contributed by atoms with E-state index in [1.807, 2.05) is 30.3 Å². The average molecular weight is 372 g/mol. The maximum Gasteiger partial charge on any atom is 0.246 e. The number of fused-ring (bicyclic) bond motifs is 1. The number of sulfonamides is 1. The second-order valence-electron chi connectivity index (χ2n) is 6.73. The summed E-state index contributed by atoms with van der Waals surface area (Å²) in [6.07, 6.45) is 2.66. The van der Waals surface area contributed by atoms with Crippen molar-refractivity contribution in [2.24, 2.45) is 11.8 Å². The van der Waals surface area contributed by atoms with Gasteiger partial charge >= 0.3 is 0 Å². The predicted molar refractivity (Wildman–Crippen MR) is 96.2 cm³/mol. The van der Waals surface area contributed by atoms with Gasteiger partial charge in [-0.05, 0) is 37.0 Å². The van der Waals surface area contributed by atoms with E-state index < -0.39 is 10.0 Å². The van der Waals surface area contributed by atoms with Crippen molar-refractivity contribution in [3.8, 4) is 5.69 Å². The van der Waals surface area contributed by atoms with Gasteiger partial charge in [-0.15, -0.1) is 0 Å². The maximum atomic E-state index is 13.0. The molecule has 2 atom stereocenters. The summed E-state index contributed by atoms with van der Waals surface area (Å²) in [7, 11) is -3.60. The lowest BCUT2D eigenvalue weighted by Crippen LogP contribution is -2.37. The molecule has 0 spiro atoms. The summed E-state index contributed by atoms with van der Waals surface area (Å²) in [4.78, 5) is 11.6. The SMILES string of the molecule is C=CC(=O)NC1C2CN(S(=O)(=O)c3cnn(-c4ccccc4)c3C)CC21. The third-order valence-electron chi connectivity index (χ3n) is 5.24. The van der Waals surface area contributed by atoms with Gasteiger partial charge in [0.15, 0.2) is 0 Å². The van der Waals surface area contributed by atoms with Crippen LogP contribution in [0.15, 0.2) is 54.1 Å². The summed E-state index contributed by atoms with van der Waals surface area (Å²) in [5.74, 6) is 0.148. The van der Waals surface area contributed by atoms with Crippen LogP contribution in [0.25, 0.3) is 5.69 Å². The van der Waals surface area contributed by atoms with Crippen LogP contribution >= 0.6 is 0 Å². The summed E-state index contributed by atoms with van der Waals surface area (Å²) < 4.78 is 29.2. The van der Waals surface area contributed by atoms with Crippen LogP contribution in [0.1, 0.15) is 5.69 Å². The van der Waals surface area contributed by atoms with Crippen LogP contribution in [0.4, 0.5) is 0 Å². The van der Waals surface area contributed by atoms with E-state index in [2.05, 4.69) is 17.0 Å². The van der Waals surface area contributed by atoms with Crippen LogP contribution in [0.3, 0.4) is 0 Å². The fourth-order valence-corrected chi connectivity index (χ4v) is 5.39. The van der Waals surface area contributed by atoms with E-state index in [9.17, 15) is 13.2 Å². The summed E-state index contributed by atoms with van der Waals surface area (Å²) in [5.41, 5.74) is 1.41. The molecule has 1 amide bonds. The van der Waals surface area contributed by atoms with E-state index in [1.54, 1.807) is 11.6 Å². The van der Waals surface area contributed by atoms with E-state index in [0.29, 0.717) is 18.8 Å².